The fraction of sp³-hybridized carbons (Fsp3) is 0.480. The van der Waals surface area contributed by atoms with Crippen molar-refractivity contribution < 1.29 is 18.0 Å². The summed E-state index contributed by atoms with van der Waals surface area (Å²) < 4.78 is 23.6. The molecule has 1 amide bonds. The Labute approximate surface area is 202 Å². The number of rotatable bonds is 9. The fourth-order valence-electron chi connectivity index (χ4n) is 3.95. The topological polar surface area (TPSA) is 110 Å². The Balaban J connectivity index is 1.73. The van der Waals surface area contributed by atoms with Gasteiger partial charge in [-0.25, -0.2) is 18.4 Å². The van der Waals surface area contributed by atoms with Crippen LogP contribution in [0.25, 0.3) is 5.70 Å². The zero-order valence-corrected chi connectivity index (χ0v) is 21.1. The van der Waals surface area contributed by atoms with E-state index >= 15 is 0 Å². The van der Waals surface area contributed by atoms with Crippen molar-refractivity contribution in [3.63, 3.8) is 0 Å². The molecule has 0 aliphatic heterocycles. The number of hydroxylamine groups is 1. The molecular formula is C25H34N4O4S. The van der Waals surface area contributed by atoms with E-state index in [1.807, 2.05) is 20.8 Å². The van der Waals surface area contributed by atoms with Gasteiger partial charge in [0.2, 0.25) is 5.91 Å². The molecule has 3 rings (SSSR count). The summed E-state index contributed by atoms with van der Waals surface area (Å²) in [4.78, 5) is 27.6. The second-order valence-electron chi connectivity index (χ2n) is 9.85. The molecule has 9 heteroatoms. The van der Waals surface area contributed by atoms with Crippen LogP contribution < -0.4 is 10.8 Å². The summed E-state index contributed by atoms with van der Waals surface area (Å²) in [6.07, 6.45) is 9.44. The van der Waals surface area contributed by atoms with E-state index in [9.17, 15) is 13.2 Å². The third-order valence-electron chi connectivity index (χ3n) is 5.76. The highest BCUT2D eigenvalue weighted by Crippen LogP contribution is 2.35. The third-order valence-corrected chi connectivity index (χ3v) is 6.89. The van der Waals surface area contributed by atoms with E-state index in [-0.39, 0.29) is 10.8 Å². The summed E-state index contributed by atoms with van der Waals surface area (Å²) in [5, 5.41) is 2.87. The predicted molar refractivity (Wildman–Crippen MR) is 133 cm³/mol. The van der Waals surface area contributed by atoms with Gasteiger partial charge in [0.15, 0.2) is 15.7 Å². The molecule has 1 fully saturated rings. The first kappa shape index (κ1) is 25.8. The van der Waals surface area contributed by atoms with Crippen LogP contribution in [-0.2, 0) is 19.5 Å². The Hall–Kier alpha value is -2.78. The highest BCUT2D eigenvalue weighted by atomic mass is 32.2. The maximum Gasteiger partial charge on any atom is 0.233 e. The second kappa shape index (κ2) is 10.7. The lowest BCUT2D eigenvalue weighted by Crippen LogP contribution is -2.28. The number of aromatic nitrogens is 2. The minimum atomic E-state index is -3.30. The molecule has 1 heterocycles. The molecule has 184 valence electrons. The Kier molecular flexibility index (Phi) is 8.09. The van der Waals surface area contributed by atoms with Crippen LogP contribution in [0.4, 0.5) is 5.82 Å². The van der Waals surface area contributed by atoms with E-state index in [4.69, 9.17) is 4.84 Å². The highest BCUT2D eigenvalue weighted by Gasteiger charge is 2.27. The smallest absolute Gasteiger partial charge is 0.233 e. The van der Waals surface area contributed by atoms with Gasteiger partial charge in [-0.3, -0.25) is 15.1 Å². The molecule has 1 atom stereocenters. The first-order valence-electron chi connectivity index (χ1n) is 11.5. The lowest BCUT2D eigenvalue weighted by molar-refractivity contribution is -0.118. The van der Waals surface area contributed by atoms with E-state index in [2.05, 4.69) is 27.3 Å². The molecule has 1 aliphatic rings. The fourth-order valence-corrected chi connectivity index (χ4v) is 4.58. The van der Waals surface area contributed by atoms with Crippen molar-refractivity contribution in [2.24, 2.45) is 5.92 Å². The second-order valence-corrected chi connectivity index (χ2v) is 11.9. The molecule has 8 nitrogen and oxygen atoms in total. The van der Waals surface area contributed by atoms with E-state index in [1.165, 1.54) is 31.5 Å². The van der Waals surface area contributed by atoms with Crippen LogP contribution in [0.15, 0.2) is 48.1 Å². The van der Waals surface area contributed by atoms with Crippen molar-refractivity contribution in [2.45, 2.75) is 69.3 Å². The number of anilines is 1. The van der Waals surface area contributed by atoms with Crippen LogP contribution in [-0.4, -0.2) is 36.1 Å². The summed E-state index contributed by atoms with van der Waals surface area (Å²) in [6.45, 7) is 9.63. The molecule has 0 saturated heterocycles. The van der Waals surface area contributed by atoms with Crippen molar-refractivity contribution >= 4 is 27.3 Å². The molecule has 2 N–H and O–H groups in total. The summed E-state index contributed by atoms with van der Waals surface area (Å²) in [7, 11) is -3.30. The Morgan fingerprint density at radius 1 is 1.15 bits per heavy atom. The maximum absolute atomic E-state index is 13.3. The number of carbonyl (C=O) groups is 1. The first-order valence-corrected chi connectivity index (χ1v) is 13.4. The van der Waals surface area contributed by atoms with Gasteiger partial charge in [-0.2, -0.15) is 0 Å². The van der Waals surface area contributed by atoms with Gasteiger partial charge >= 0.3 is 0 Å². The molecule has 1 aromatic carbocycles. The average molecular weight is 487 g/mol. The summed E-state index contributed by atoms with van der Waals surface area (Å²) in [5.41, 5.74) is 4.13. The van der Waals surface area contributed by atoms with Crippen molar-refractivity contribution in [3.8, 4) is 0 Å². The zero-order chi connectivity index (χ0) is 24.9. The SMILES string of the molecule is C=C(NOC(C)(C)C)c1cnc(NC(=O)C(CC2CCCC2)c2ccc(S(C)(=O)=O)cc2)cn1. The highest BCUT2D eigenvalue weighted by molar-refractivity contribution is 7.90. The summed E-state index contributed by atoms with van der Waals surface area (Å²) >= 11 is 0. The lowest BCUT2D eigenvalue weighted by atomic mass is 9.87. The number of nitrogens with zero attached hydrogens (tertiary/aromatic N) is 2. The van der Waals surface area contributed by atoms with Gasteiger partial charge in [-0.1, -0.05) is 44.4 Å². The van der Waals surface area contributed by atoms with Gasteiger partial charge in [-0.15, -0.1) is 0 Å². The van der Waals surface area contributed by atoms with Gasteiger partial charge in [-0.05, 0) is 50.8 Å². The molecule has 0 bridgehead atoms. The van der Waals surface area contributed by atoms with Crippen LogP contribution in [0.1, 0.15) is 70.1 Å². The predicted octanol–water partition coefficient (Wildman–Crippen LogP) is 4.47. The molecule has 2 aromatic rings. The maximum atomic E-state index is 13.3. The van der Waals surface area contributed by atoms with Gasteiger partial charge in [0.05, 0.1) is 34.5 Å². The van der Waals surface area contributed by atoms with Crippen molar-refractivity contribution in [2.75, 3.05) is 11.6 Å². The van der Waals surface area contributed by atoms with Crippen LogP contribution in [0.2, 0.25) is 0 Å². The quantitative estimate of drug-likeness (QED) is 0.503. The number of nitrogens with one attached hydrogen (secondary N) is 2. The molecule has 1 unspecified atom stereocenters. The molecule has 0 radical (unpaired) electrons. The minimum Gasteiger partial charge on any atom is -0.309 e. The number of amides is 1. The number of hydrogen-bond acceptors (Lipinski definition) is 7. The molecule has 1 aromatic heterocycles. The Morgan fingerprint density at radius 3 is 2.32 bits per heavy atom. The van der Waals surface area contributed by atoms with Crippen molar-refractivity contribution in [1.29, 1.82) is 0 Å². The van der Waals surface area contributed by atoms with E-state index < -0.39 is 21.4 Å². The number of hydrogen-bond donors (Lipinski definition) is 2. The van der Waals surface area contributed by atoms with E-state index in [1.54, 1.807) is 24.3 Å². The molecule has 0 spiro atoms. The van der Waals surface area contributed by atoms with Crippen molar-refractivity contribution in [3.05, 3.63) is 54.5 Å². The van der Waals surface area contributed by atoms with Crippen LogP contribution in [0.3, 0.4) is 0 Å². The summed E-state index contributed by atoms with van der Waals surface area (Å²) in [6, 6.07) is 6.59. The first-order chi connectivity index (χ1) is 15.9. The normalized spacial score (nSPS) is 15.6. The number of sulfone groups is 1. The monoisotopic (exact) mass is 486 g/mol. The Morgan fingerprint density at radius 2 is 1.79 bits per heavy atom. The standard InChI is InChI=1S/C25H34N4O4S/c1-17(29-33-25(2,3)4)22-15-27-23(16-26-22)28-24(30)21(14-18-8-6-7-9-18)19-10-12-20(13-11-19)34(5,31)32/h10-13,15-16,18,21,29H,1,6-9,14H2,2-5H3,(H,27,28,30). The van der Waals surface area contributed by atoms with Crippen LogP contribution >= 0.6 is 0 Å². The molecular weight excluding hydrogens is 452 g/mol. The largest absolute Gasteiger partial charge is 0.309 e. The van der Waals surface area contributed by atoms with Gasteiger partial charge < -0.3 is 5.32 Å². The number of benzene rings is 1. The van der Waals surface area contributed by atoms with Gasteiger partial charge in [0.25, 0.3) is 0 Å². The van der Waals surface area contributed by atoms with E-state index in [0.717, 1.165) is 18.4 Å². The average Bonchev–Trinajstić information content (AvgIpc) is 3.28. The van der Waals surface area contributed by atoms with Gasteiger partial charge in [0, 0.05) is 6.26 Å². The molecule has 34 heavy (non-hydrogen) atoms. The van der Waals surface area contributed by atoms with Crippen LogP contribution in [0, 0.1) is 5.92 Å². The van der Waals surface area contributed by atoms with E-state index in [0.29, 0.717) is 29.5 Å². The van der Waals surface area contributed by atoms with Gasteiger partial charge in [0.1, 0.15) is 5.69 Å². The number of carbonyl (C=O) groups excluding carboxylic acids is 1. The Bertz CT molecular complexity index is 1100. The van der Waals surface area contributed by atoms with Crippen molar-refractivity contribution in [1.82, 2.24) is 15.4 Å². The molecule has 1 aliphatic carbocycles. The third kappa shape index (κ3) is 7.36. The van der Waals surface area contributed by atoms with Crippen LogP contribution in [0.5, 0.6) is 0 Å². The summed E-state index contributed by atoms with van der Waals surface area (Å²) in [5.74, 6) is 0.211. The minimum absolute atomic E-state index is 0.186. The lowest BCUT2D eigenvalue weighted by Gasteiger charge is -2.21. The molecule has 1 saturated carbocycles. The zero-order valence-electron chi connectivity index (χ0n) is 20.3.